The van der Waals surface area contributed by atoms with Crippen molar-refractivity contribution in [3.05, 3.63) is 83.2 Å². The summed E-state index contributed by atoms with van der Waals surface area (Å²) in [6.45, 7) is 1.63. The van der Waals surface area contributed by atoms with Crippen molar-refractivity contribution in [2.75, 3.05) is 0 Å². The molecule has 1 fully saturated rings. The number of hydrogen-bond acceptors (Lipinski definition) is 5. The van der Waals surface area contributed by atoms with Crippen LogP contribution in [0.3, 0.4) is 0 Å². The fraction of sp³-hybridized carbons (Fsp3) is 0.227. The highest BCUT2D eigenvalue weighted by Crippen LogP contribution is 2.40. The van der Waals surface area contributed by atoms with Gasteiger partial charge in [-0.15, -0.1) is 0 Å². The van der Waals surface area contributed by atoms with E-state index in [1.807, 2.05) is 18.2 Å². The number of ether oxygens (including phenoxy) is 1. The van der Waals surface area contributed by atoms with Gasteiger partial charge in [0.05, 0.1) is 0 Å². The molecule has 0 aliphatic heterocycles. The number of nitrogens with one attached hydrogen (secondary N) is 1. The minimum Gasteiger partial charge on any atom is -0.486 e. The van der Waals surface area contributed by atoms with E-state index < -0.39 is 0 Å². The Labute approximate surface area is 162 Å². The van der Waals surface area contributed by atoms with E-state index in [4.69, 9.17) is 9.26 Å². The molecule has 0 spiro atoms. The molecule has 1 amide bonds. The monoisotopic (exact) mass is 376 g/mol. The van der Waals surface area contributed by atoms with Gasteiger partial charge in [-0.1, -0.05) is 47.6 Å². The number of aromatic nitrogens is 1. The Morgan fingerprint density at radius 3 is 2.75 bits per heavy atom. The lowest BCUT2D eigenvalue weighted by Gasteiger charge is -2.04. The second-order valence-corrected chi connectivity index (χ2v) is 6.88. The summed E-state index contributed by atoms with van der Waals surface area (Å²) in [6.07, 6.45) is 0.927. The first-order chi connectivity index (χ1) is 13.6. The highest BCUT2D eigenvalue weighted by atomic mass is 16.5. The van der Waals surface area contributed by atoms with E-state index >= 15 is 0 Å². The Kier molecular flexibility index (Phi) is 4.93. The van der Waals surface area contributed by atoms with E-state index in [2.05, 4.69) is 22.6 Å². The predicted molar refractivity (Wildman–Crippen MR) is 102 cm³/mol. The number of carbonyl (C=O) groups excluding carboxylic acids is 2. The van der Waals surface area contributed by atoms with Crippen LogP contribution >= 0.6 is 0 Å². The molecule has 0 unspecified atom stereocenters. The van der Waals surface area contributed by atoms with E-state index in [-0.39, 0.29) is 30.0 Å². The lowest BCUT2D eigenvalue weighted by Crippen LogP contribution is -2.26. The summed E-state index contributed by atoms with van der Waals surface area (Å²) < 4.78 is 10.8. The minimum atomic E-state index is -0.253. The van der Waals surface area contributed by atoms with Gasteiger partial charge in [0.15, 0.2) is 17.2 Å². The maximum Gasteiger partial charge on any atom is 0.273 e. The van der Waals surface area contributed by atoms with E-state index in [0.717, 1.165) is 6.42 Å². The molecular formula is C22H20N2O4. The van der Waals surface area contributed by atoms with Gasteiger partial charge in [0.25, 0.3) is 5.91 Å². The smallest absolute Gasteiger partial charge is 0.273 e. The van der Waals surface area contributed by atoms with Crippen LogP contribution in [0.5, 0.6) is 5.75 Å². The van der Waals surface area contributed by atoms with Gasteiger partial charge >= 0.3 is 0 Å². The number of carbonyl (C=O) groups is 2. The zero-order chi connectivity index (χ0) is 19.5. The SMILES string of the molecule is CC(=O)c1cccc(OCc2cc(C(=O)N[C@@H]3C[C@H]3c3ccccc3)no2)c1. The van der Waals surface area contributed by atoms with Crippen molar-refractivity contribution >= 4 is 11.7 Å². The largest absolute Gasteiger partial charge is 0.486 e. The van der Waals surface area contributed by atoms with Crippen LogP contribution in [0.4, 0.5) is 0 Å². The molecule has 1 aliphatic rings. The maximum atomic E-state index is 12.4. The number of amides is 1. The Bertz CT molecular complexity index is 997. The van der Waals surface area contributed by atoms with Crippen molar-refractivity contribution < 1.29 is 18.8 Å². The van der Waals surface area contributed by atoms with Crippen LogP contribution in [0, 0.1) is 0 Å². The molecule has 0 saturated heterocycles. The third-order valence-electron chi connectivity index (χ3n) is 4.75. The fourth-order valence-electron chi connectivity index (χ4n) is 3.11. The molecule has 2 aromatic carbocycles. The fourth-order valence-corrected chi connectivity index (χ4v) is 3.11. The molecule has 6 nitrogen and oxygen atoms in total. The molecule has 6 heteroatoms. The molecule has 0 bridgehead atoms. The summed E-state index contributed by atoms with van der Waals surface area (Å²) in [5.74, 6) is 1.07. The molecule has 1 aliphatic carbocycles. The lowest BCUT2D eigenvalue weighted by molar-refractivity contribution is 0.0940. The Morgan fingerprint density at radius 2 is 1.96 bits per heavy atom. The summed E-state index contributed by atoms with van der Waals surface area (Å²) in [7, 11) is 0. The number of hydrogen-bond donors (Lipinski definition) is 1. The lowest BCUT2D eigenvalue weighted by atomic mass is 10.1. The van der Waals surface area contributed by atoms with Crippen LogP contribution in [-0.4, -0.2) is 22.9 Å². The van der Waals surface area contributed by atoms with E-state index in [0.29, 0.717) is 23.0 Å². The quantitative estimate of drug-likeness (QED) is 0.635. The van der Waals surface area contributed by atoms with Crippen molar-refractivity contribution in [1.82, 2.24) is 10.5 Å². The van der Waals surface area contributed by atoms with Gasteiger partial charge in [0, 0.05) is 23.6 Å². The Morgan fingerprint density at radius 1 is 1.14 bits per heavy atom. The summed E-state index contributed by atoms with van der Waals surface area (Å²) in [5.41, 5.74) is 2.04. The third kappa shape index (κ3) is 4.11. The van der Waals surface area contributed by atoms with Crippen molar-refractivity contribution in [2.24, 2.45) is 0 Å². The molecule has 142 valence electrons. The average Bonchev–Trinajstić information content (AvgIpc) is 3.31. The Balaban J connectivity index is 1.31. The first kappa shape index (κ1) is 18.0. The van der Waals surface area contributed by atoms with Gasteiger partial charge in [-0.05, 0) is 31.0 Å². The van der Waals surface area contributed by atoms with Crippen LogP contribution in [0.1, 0.15) is 51.4 Å². The van der Waals surface area contributed by atoms with Crippen LogP contribution in [-0.2, 0) is 6.61 Å². The van der Waals surface area contributed by atoms with Gasteiger partial charge in [0.1, 0.15) is 12.4 Å². The number of nitrogens with zero attached hydrogens (tertiary/aromatic N) is 1. The molecule has 0 radical (unpaired) electrons. The van der Waals surface area contributed by atoms with Crippen molar-refractivity contribution in [1.29, 1.82) is 0 Å². The molecule has 1 heterocycles. The zero-order valence-corrected chi connectivity index (χ0v) is 15.4. The number of Topliss-reactive ketones (excluding diaryl/α,β-unsaturated/α-hetero) is 1. The number of ketones is 1. The summed E-state index contributed by atoms with van der Waals surface area (Å²) >= 11 is 0. The maximum absolute atomic E-state index is 12.4. The molecule has 3 aromatic rings. The van der Waals surface area contributed by atoms with Gasteiger partial charge in [-0.2, -0.15) is 0 Å². The van der Waals surface area contributed by atoms with Crippen molar-refractivity contribution in [3.8, 4) is 5.75 Å². The minimum absolute atomic E-state index is 0.0297. The van der Waals surface area contributed by atoms with Crippen LogP contribution in [0.2, 0.25) is 0 Å². The van der Waals surface area contributed by atoms with Gasteiger partial charge in [0.2, 0.25) is 0 Å². The molecule has 4 rings (SSSR count). The van der Waals surface area contributed by atoms with Gasteiger partial charge in [-0.3, -0.25) is 9.59 Å². The van der Waals surface area contributed by atoms with E-state index in [1.54, 1.807) is 30.3 Å². The molecule has 1 N–H and O–H groups in total. The number of benzene rings is 2. The first-order valence-corrected chi connectivity index (χ1v) is 9.15. The second kappa shape index (κ2) is 7.68. The molecule has 28 heavy (non-hydrogen) atoms. The molecular weight excluding hydrogens is 356 g/mol. The normalized spacial score (nSPS) is 17.8. The second-order valence-electron chi connectivity index (χ2n) is 6.88. The molecule has 1 aromatic heterocycles. The standard InChI is InChI=1S/C22H20N2O4/c1-14(25)16-8-5-9-17(10-16)27-13-18-11-21(24-28-18)22(26)23-20-12-19(20)15-6-3-2-4-7-15/h2-11,19-20H,12-13H2,1H3,(H,23,26)/t19-,20+/m0/s1. The van der Waals surface area contributed by atoms with Crippen molar-refractivity contribution in [3.63, 3.8) is 0 Å². The van der Waals surface area contributed by atoms with Crippen LogP contribution in [0.15, 0.2) is 65.2 Å². The summed E-state index contributed by atoms with van der Waals surface area (Å²) in [6, 6.07) is 18.7. The predicted octanol–water partition coefficient (Wildman–Crippen LogP) is 3.74. The summed E-state index contributed by atoms with van der Waals surface area (Å²) in [5, 5.41) is 6.82. The zero-order valence-electron chi connectivity index (χ0n) is 15.4. The topological polar surface area (TPSA) is 81.4 Å². The van der Waals surface area contributed by atoms with Crippen LogP contribution in [0.25, 0.3) is 0 Å². The highest BCUT2D eigenvalue weighted by Gasteiger charge is 2.39. The van der Waals surface area contributed by atoms with Crippen LogP contribution < -0.4 is 10.1 Å². The molecule has 1 saturated carbocycles. The van der Waals surface area contributed by atoms with Gasteiger partial charge < -0.3 is 14.6 Å². The number of rotatable bonds is 7. The van der Waals surface area contributed by atoms with E-state index in [1.165, 1.54) is 12.5 Å². The summed E-state index contributed by atoms with van der Waals surface area (Å²) in [4.78, 5) is 23.8. The van der Waals surface area contributed by atoms with Crippen molar-refractivity contribution in [2.45, 2.75) is 31.9 Å². The highest BCUT2D eigenvalue weighted by molar-refractivity contribution is 5.94. The average molecular weight is 376 g/mol. The first-order valence-electron chi connectivity index (χ1n) is 9.15. The Hall–Kier alpha value is -3.41. The van der Waals surface area contributed by atoms with Gasteiger partial charge in [-0.25, -0.2) is 0 Å². The third-order valence-corrected chi connectivity index (χ3v) is 4.75. The molecule has 2 atom stereocenters. The van der Waals surface area contributed by atoms with E-state index in [9.17, 15) is 9.59 Å².